The lowest BCUT2D eigenvalue weighted by Gasteiger charge is -2.25. The van der Waals surface area contributed by atoms with Crippen molar-refractivity contribution in [2.75, 3.05) is 19.4 Å². The van der Waals surface area contributed by atoms with E-state index in [2.05, 4.69) is 13.8 Å². The molecule has 0 radical (unpaired) electrons. The minimum atomic E-state index is -2.79. The third-order valence-electron chi connectivity index (χ3n) is 2.05. The van der Waals surface area contributed by atoms with Gasteiger partial charge in [-0.15, -0.1) is 0 Å². The van der Waals surface area contributed by atoms with Crippen LogP contribution in [0.4, 0.5) is 0 Å². The maximum atomic E-state index is 12.3. The number of hydrogen-bond acceptors (Lipinski definition) is 4. The van der Waals surface area contributed by atoms with Crippen molar-refractivity contribution in [3.8, 4) is 0 Å². The highest BCUT2D eigenvalue weighted by Gasteiger charge is 2.28. The number of thiocarbonyl (C=S) groups is 1. The predicted molar refractivity (Wildman–Crippen MR) is 72.6 cm³/mol. The maximum absolute atomic E-state index is 12.3. The summed E-state index contributed by atoms with van der Waals surface area (Å²) in [5.74, 6) is 1.38. The van der Waals surface area contributed by atoms with Crippen molar-refractivity contribution in [3.63, 3.8) is 0 Å². The van der Waals surface area contributed by atoms with Crippen LogP contribution in [0.3, 0.4) is 0 Å². The molecule has 0 aromatic carbocycles. The summed E-state index contributed by atoms with van der Waals surface area (Å²) in [5.41, 5.74) is 1.39. The summed E-state index contributed by atoms with van der Waals surface area (Å²) in [6.07, 6.45) is 1.08. The third kappa shape index (κ3) is 5.34. The van der Waals surface area contributed by atoms with Crippen LogP contribution >= 0.6 is 30.3 Å². The molecule has 6 heteroatoms. The van der Waals surface area contributed by atoms with Gasteiger partial charge in [-0.05, 0) is 24.2 Å². The molecule has 0 aliphatic rings. The maximum Gasteiger partial charge on any atom is 0.353 e. The van der Waals surface area contributed by atoms with Crippen LogP contribution in [0.25, 0.3) is 0 Å². The van der Waals surface area contributed by atoms with E-state index in [1.807, 2.05) is 6.92 Å². The lowest BCUT2D eigenvalue weighted by atomic mass is 10.2. The summed E-state index contributed by atoms with van der Waals surface area (Å²) in [7, 11) is 1.70. The molecule has 15 heavy (non-hydrogen) atoms. The van der Waals surface area contributed by atoms with E-state index in [9.17, 15) is 4.57 Å². The molecule has 0 rings (SSSR count). The highest BCUT2D eigenvalue weighted by molar-refractivity contribution is 8.56. The molecule has 0 saturated heterocycles. The fraction of sp³-hybridized carbons (Fsp3) is 0.889. The van der Waals surface area contributed by atoms with Gasteiger partial charge < -0.3 is 4.52 Å². The number of rotatable bonds is 8. The second-order valence-corrected chi connectivity index (χ2v) is 8.16. The van der Waals surface area contributed by atoms with Crippen LogP contribution in [-0.2, 0) is 9.09 Å². The Morgan fingerprint density at radius 3 is 2.60 bits per heavy atom. The topological polar surface area (TPSA) is 29.5 Å². The fourth-order valence-electron chi connectivity index (χ4n) is 0.780. The molecular weight excluding hydrogens is 249 g/mol. The standard InChI is InChI=1S/C9H20NO2PS2/c1-5-9(3)7-15-13(11,12-6-2)10(4)8-14/h8-9H,5-7H2,1-4H3. The van der Waals surface area contributed by atoms with Crippen molar-refractivity contribution in [2.45, 2.75) is 27.2 Å². The van der Waals surface area contributed by atoms with Crippen molar-refractivity contribution in [2.24, 2.45) is 5.92 Å². The first-order valence-electron chi connectivity index (χ1n) is 5.07. The summed E-state index contributed by atoms with van der Waals surface area (Å²) in [6, 6.07) is 0. The molecule has 2 unspecified atom stereocenters. The second kappa shape index (κ2) is 7.66. The Hall–Kier alpha value is 0.430. The molecular formula is C9H20NO2PS2. The molecule has 0 aliphatic carbocycles. The quantitative estimate of drug-likeness (QED) is 0.494. The SMILES string of the molecule is CCOP(=O)(SCC(C)CC)N(C)C=S. The van der Waals surface area contributed by atoms with Crippen LogP contribution in [0, 0.1) is 5.92 Å². The van der Waals surface area contributed by atoms with E-state index in [1.54, 1.807) is 7.05 Å². The third-order valence-corrected chi connectivity index (χ3v) is 7.55. The van der Waals surface area contributed by atoms with Crippen molar-refractivity contribution in [1.29, 1.82) is 0 Å². The first-order valence-corrected chi connectivity index (χ1v) is 8.71. The number of nitrogens with zero attached hydrogens (tertiary/aromatic N) is 1. The van der Waals surface area contributed by atoms with Crippen molar-refractivity contribution in [1.82, 2.24) is 4.67 Å². The molecule has 0 saturated carbocycles. The van der Waals surface area contributed by atoms with Crippen LogP contribution in [0.5, 0.6) is 0 Å². The predicted octanol–water partition coefficient (Wildman–Crippen LogP) is 3.80. The van der Waals surface area contributed by atoms with E-state index in [-0.39, 0.29) is 0 Å². The van der Waals surface area contributed by atoms with E-state index >= 15 is 0 Å². The summed E-state index contributed by atoms with van der Waals surface area (Å²) >= 11 is 6.16. The van der Waals surface area contributed by atoms with E-state index in [0.717, 1.165) is 12.2 Å². The molecule has 90 valence electrons. The summed E-state index contributed by atoms with van der Waals surface area (Å²) in [6.45, 7) is 3.76. The molecule has 0 heterocycles. The first-order chi connectivity index (χ1) is 7.00. The van der Waals surface area contributed by atoms with Gasteiger partial charge in [-0.2, -0.15) is 0 Å². The van der Waals surface area contributed by atoms with Gasteiger partial charge in [0.1, 0.15) is 0 Å². The monoisotopic (exact) mass is 269 g/mol. The molecule has 3 nitrogen and oxygen atoms in total. The summed E-state index contributed by atoms with van der Waals surface area (Å²) < 4.78 is 19.2. The molecule has 0 aromatic heterocycles. The van der Waals surface area contributed by atoms with E-state index in [0.29, 0.717) is 12.5 Å². The zero-order valence-electron chi connectivity index (χ0n) is 9.80. The van der Waals surface area contributed by atoms with Gasteiger partial charge in [0.05, 0.1) is 12.1 Å². The second-order valence-electron chi connectivity index (χ2n) is 3.37. The van der Waals surface area contributed by atoms with Gasteiger partial charge >= 0.3 is 6.72 Å². The molecule has 2 atom stereocenters. The number of hydrogen-bond donors (Lipinski definition) is 0. The Morgan fingerprint density at radius 1 is 1.60 bits per heavy atom. The average molecular weight is 269 g/mol. The van der Waals surface area contributed by atoms with Crippen LogP contribution < -0.4 is 0 Å². The summed E-state index contributed by atoms with van der Waals surface area (Å²) in [4.78, 5) is 0. The van der Waals surface area contributed by atoms with Gasteiger partial charge in [0.15, 0.2) is 0 Å². The lowest BCUT2D eigenvalue weighted by molar-refractivity contribution is 0.325. The molecule has 0 aromatic rings. The minimum absolute atomic E-state index is 0.443. The van der Waals surface area contributed by atoms with Crippen molar-refractivity contribution < 1.29 is 9.09 Å². The van der Waals surface area contributed by atoms with Crippen LogP contribution in [0.15, 0.2) is 0 Å². The normalized spacial score (nSPS) is 16.8. The van der Waals surface area contributed by atoms with Gasteiger partial charge in [0.25, 0.3) is 0 Å². The molecule has 0 aliphatic heterocycles. The van der Waals surface area contributed by atoms with Crippen LogP contribution in [-0.4, -0.2) is 29.6 Å². The van der Waals surface area contributed by atoms with Gasteiger partial charge in [-0.25, -0.2) is 0 Å². The zero-order chi connectivity index (χ0) is 11.9. The van der Waals surface area contributed by atoms with Crippen molar-refractivity contribution in [3.05, 3.63) is 0 Å². The average Bonchev–Trinajstić information content (AvgIpc) is 2.25. The van der Waals surface area contributed by atoms with E-state index in [4.69, 9.17) is 16.7 Å². The smallest absolute Gasteiger partial charge is 0.306 e. The van der Waals surface area contributed by atoms with E-state index in [1.165, 1.54) is 21.5 Å². The Morgan fingerprint density at radius 2 is 2.20 bits per heavy atom. The Kier molecular flexibility index (Phi) is 7.88. The van der Waals surface area contributed by atoms with Crippen LogP contribution in [0.1, 0.15) is 27.2 Å². The molecule has 0 fully saturated rings. The van der Waals surface area contributed by atoms with Crippen LogP contribution in [0.2, 0.25) is 0 Å². The molecule has 0 bridgehead atoms. The minimum Gasteiger partial charge on any atom is -0.306 e. The zero-order valence-corrected chi connectivity index (χ0v) is 12.3. The highest BCUT2D eigenvalue weighted by Crippen LogP contribution is 2.61. The van der Waals surface area contributed by atoms with Gasteiger partial charge in [-0.3, -0.25) is 9.24 Å². The highest BCUT2D eigenvalue weighted by atomic mass is 32.7. The Balaban J connectivity index is 4.38. The van der Waals surface area contributed by atoms with Gasteiger partial charge in [-0.1, -0.05) is 32.5 Å². The van der Waals surface area contributed by atoms with Crippen molar-refractivity contribution >= 4 is 35.8 Å². The Labute approximate surface area is 102 Å². The lowest BCUT2D eigenvalue weighted by Crippen LogP contribution is -2.12. The first kappa shape index (κ1) is 15.4. The Bertz CT molecular complexity index is 238. The van der Waals surface area contributed by atoms with Gasteiger partial charge in [0.2, 0.25) is 0 Å². The van der Waals surface area contributed by atoms with E-state index < -0.39 is 6.72 Å². The largest absolute Gasteiger partial charge is 0.353 e. The summed E-state index contributed by atoms with van der Waals surface area (Å²) in [5, 5.41) is 0. The molecule has 0 spiro atoms. The molecule has 0 N–H and O–H groups in total. The fourth-order valence-corrected chi connectivity index (χ4v) is 5.45. The van der Waals surface area contributed by atoms with Gasteiger partial charge in [0, 0.05) is 12.8 Å². The molecule has 0 amide bonds.